The number of esters is 2. The monoisotopic (exact) mass is 554 g/mol. The summed E-state index contributed by atoms with van der Waals surface area (Å²) in [5, 5.41) is 10.3. The van der Waals surface area contributed by atoms with Gasteiger partial charge in [0.05, 0.1) is 53.3 Å². The third-order valence-electron chi connectivity index (χ3n) is 6.19. The molecule has 0 amide bonds. The number of nitrogens with zero attached hydrogens (tertiary/aromatic N) is 3. The highest BCUT2D eigenvalue weighted by atomic mass is 32.2. The fraction of sp³-hybridized carbons (Fsp3) is 0.103. The van der Waals surface area contributed by atoms with Gasteiger partial charge < -0.3 is 15.2 Å². The van der Waals surface area contributed by atoms with E-state index >= 15 is 0 Å². The van der Waals surface area contributed by atoms with E-state index in [0.717, 1.165) is 14.6 Å². The summed E-state index contributed by atoms with van der Waals surface area (Å²) in [6, 6.07) is 26.2. The Morgan fingerprint density at radius 3 is 2.33 bits per heavy atom. The Morgan fingerprint density at radius 2 is 1.64 bits per heavy atom. The number of allylic oxidation sites excluding steroid dienone is 1. The van der Waals surface area contributed by atoms with Crippen molar-refractivity contribution in [2.45, 2.75) is 15.2 Å². The number of benzene rings is 3. The molecule has 2 N–H and O–H groups in total. The zero-order valence-corrected chi connectivity index (χ0v) is 22.6. The maximum absolute atomic E-state index is 13.4. The van der Waals surface area contributed by atoms with Crippen molar-refractivity contribution in [3.63, 3.8) is 0 Å². The molecule has 4 aromatic rings. The number of hydrogen-bond acceptors (Lipinski definition) is 10. The second kappa shape index (κ2) is 11.0. The molecule has 10 heteroatoms. The van der Waals surface area contributed by atoms with Gasteiger partial charge in [0.15, 0.2) is 4.34 Å². The van der Waals surface area contributed by atoms with E-state index < -0.39 is 17.9 Å². The van der Waals surface area contributed by atoms with Gasteiger partial charge in [-0.1, -0.05) is 66.4 Å². The summed E-state index contributed by atoms with van der Waals surface area (Å²) in [7, 11) is 2.45. The maximum atomic E-state index is 13.4. The number of nitrogens with two attached hydrogens (primary N) is 1. The zero-order valence-electron chi connectivity index (χ0n) is 21.0. The SMILES string of the molecule is COC(=O)C1=C(C(=O)OC)N(c2ccccc2Sc2nc3ccccc3s2)C(N)=C(C#N)C1c1ccccc1. The molecule has 1 aliphatic rings. The van der Waals surface area contributed by atoms with Crippen LogP contribution in [0.15, 0.2) is 111 Å². The van der Waals surface area contributed by atoms with Crippen LogP contribution in [0.4, 0.5) is 5.69 Å². The van der Waals surface area contributed by atoms with E-state index in [2.05, 4.69) is 6.07 Å². The molecule has 1 aliphatic heterocycles. The van der Waals surface area contributed by atoms with E-state index in [0.29, 0.717) is 16.1 Å². The van der Waals surface area contributed by atoms with Gasteiger partial charge >= 0.3 is 11.9 Å². The molecule has 39 heavy (non-hydrogen) atoms. The van der Waals surface area contributed by atoms with Crippen molar-refractivity contribution in [2.75, 3.05) is 19.1 Å². The average molecular weight is 555 g/mol. The van der Waals surface area contributed by atoms with E-state index in [-0.39, 0.29) is 22.7 Å². The summed E-state index contributed by atoms with van der Waals surface area (Å²) in [6.07, 6.45) is 0. The molecule has 3 aromatic carbocycles. The standard InChI is InChI=1S/C29H22N4O4S2/c1-36-27(34)24-23(17-10-4-3-5-11-17)18(16-30)26(31)33(25(24)28(35)37-2)20-13-7-9-15-22(20)39-29-32-19-12-6-8-14-21(19)38-29/h3-15,23H,31H2,1-2H3. The van der Waals surface area contributed by atoms with Gasteiger partial charge in [0.1, 0.15) is 11.5 Å². The first-order chi connectivity index (χ1) is 19.0. The van der Waals surface area contributed by atoms with Gasteiger partial charge in [-0.2, -0.15) is 5.26 Å². The highest BCUT2D eigenvalue weighted by Gasteiger charge is 2.43. The molecule has 5 rings (SSSR count). The smallest absolute Gasteiger partial charge is 0.355 e. The van der Waals surface area contributed by atoms with Crippen LogP contribution >= 0.6 is 23.1 Å². The summed E-state index contributed by atoms with van der Waals surface area (Å²) in [4.78, 5) is 33.5. The lowest BCUT2D eigenvalue weighted by atomic mass is 9.81. The van der Waals surface area contributed by atoms with Crippen molar-refractivity contribution in [3.8, 4) is 6.07 Å². The Morgan fingerprint density at radius 1 is 0.974 bits per heavy atom. The van der Waals surface area contributed by atoms with Crippen molar-refractivity contribution in [1.29, 1.82) is 5.26 Å². The molecule has 0 spiro atoms. The minimum absolute atomic E-state index is 0.0109. The molecule has 0 fully saturated rings. The molecule has 0 saturated heterocycles. The Labute approximate surface area is 233 Å². The zero-order chi connectivity index (χ0) is 27.5. The van der Waals surface area contributed by atoms with Gasteiger partial charge in [-0.25, -0.2) is 14.6 Å². The van der Waals surface area contributed by atoms with Gasteiger partial charge in [0.2, 0.25) is 0 Å². The van der Waals surface area contributed by atoms with Crippen LogP contribution in [-0.2, 0) is 19.1 Å². The number of anilines is 1. The van der Waals surface area contributed by atoms with Crippen LogP contribution in [0.1, 0.15) is 11.5 Å². The average Bonchev–Trinajstić information content (AvgIpc) is 3.39. The lowest BCUT2D eigenvalue weighted by Crippen LogP contribution is -2.41. The third-order valence-corrected chi connectivity index (χ3v) is 8.35. The van der Waals surface area contributed by atoms with Gasteiger partial charge in [0.25, 0.3) is 0 Å². The molecular formula is C29H22N4O4S2. The van der Waals surface area contributed by atoms with Crippen molar-refractivity contribution in [3.05, 3.63) is 107 Å². The number of aromatic nitrogens is 1. The molecule has 0 aliphatic carbocycles. The molecule has 1 aromatic heterocycles. The topological polar surface area (TPSA) is 119 Å². The van der Waals surface area contributed by atoms with Crippen LogP contribution in [0.2, 0.25) is 0 Å². The summed E-state index contributed by atoms with van der Waals surface area (Å²) < 4.78 is 12.1. The molecule has 8 nitrogen and oxygen atoms in total. The van der Waals surface area contributed by atoms with E-state index in [1.165, 1.54) is 42.2 Å². The molecule has 0 saturated carbocycles. The summed E-state index contributed by atoms with van der Waals surface area (Å²) in [6.45, 7) is 0. The fourth-order valence-electron chi connectivity index (χ4n) is 4.48. The minimum Gasteiger partial charge on any atom is -0.466 e. The van der Waals surface area contributed by atoms with Gasteiger partial charge in [-0.15, -0.1) is 11.3 Å². The Balaban J connectivity index is 1.74. The second-order valence-electron chi connectivity index (χ2n) is 8.35. The lowest BCUT2D eigenvalue weighted by Gasteiger charge is -2.36. The van der Waals surface area contributed by atoms with Crippen LogP contribution in [-0.4, -0.2) is 31.1 Å². The molecule has 0 bridgehead atoms. The van der Waals surface area contributed by atoms with E-state index in [4.69, 9.17) is 20.2 Å². The van der Waals surface area contributed by atoms with Gasteiger partial charge in [-0.3, -0.25) is 4.90 Å². The fourth-order valence-corrected chi connectivity index (χ4v) is 6.63. The molecule has 0 radical (unpaired) electrons. The number of para-hydroxylation sites is 2. The quantitative estimate of drug-likeness (QED) is 0.315. The number of nitriles is 1. The number of ether oxygens (including phenoxy) is 2. The lowest BCUT2D eigenvalue weighted by molar-refractivity contribution is -0.139. The first-order valence-electron chi connectivity index (χ1n) is 11.8. The van der Waals surface area contributed by atoms with E-state index in [9.17, 15) is 14.9 Å². The molecule has 2 heterocycles. The number of carbonyl (C=O) groups excluding carboxylic acids is 2. The number of hydrogen-bond donors (Lipinski definition) is 1. The van der Waals surface area contributed by atoms with Gasteiger partial charge in [-0.05, 0) is 29.8 Å². The highest BCUT2D eigenvalue weighted by Crippen LogP contribution is 2.46. The summed E-state index contributed by atoms with van der Waals surface area (Å²) in [5.41, 5.74) is 8.59. The van der Waals surface area contributed by atoms with Gasteiger partial charge in [0, 0.05) is 4.90 Å². The molecule has 1 unspecified atom stereocenters. The van der Waals surface area contributed by atoms with Crippen molar-refractivity contribution in [1.82, 2.24) is 4.98 Å². The Bertz CT molecular complexity index is 1660. The number of thiazole rings is 1. The Kier molecular flexibility index (Phi) is 7.36. The van der Waals surface area contributed by atoms with Crippen LogP contribution < -0.4 is 10.6 Å². The predicted molar refractivity (Wildman–Crippen MR) is 150 cm³/mol. The van der Waals surface area contributed by atoms with Crippen molar-refractivity contribution in [2.24, 2.45) is 5.73 Å². The molecular weight excluding hydrogens is 532 g/mol. The summed E-state index contributed by atoms with van der Waals surface area (Å²) >= 11 is 2.92. The predicted octanol–water partition coefficient (Wildman–Crippen LogP) is 5.35. The Hall–Kier alpha value is -4.59. The number of fused-ring (bicyclic) bond motifs is 1. The summed E-state index contributed by atoms with van der Waals surface area (Å²) in [5.74, 6) is -2.49. The third kappa shape index (κ3) is 4.74. The highest BCUT2D eigenvalue weighted by molar-refractivity contribution is 8.01. The second-order valence-corrected chi connectivity index (χ2v) is 10.7. The van der Waals surface area contributed by atoms with Crippen LogP contribution in [0, 0.1) is 11.3 Å². The van der Waals surface area contributed by atoms with E-state index in [1.807, 2.05) is 42.5 Å². The van der Waals surface area contributed by atoms with E-state index in [1.54, 1.807) is 36.4 Å². The molecule has 194 valence electrons. The number of rotatable bonds is 6. The normalized spacial score (nSPS) is 15.3. The number of methoxy groups -OCH3 is 2. The van der Waals surface area contributed by atoms with Crippen LogP contribution in [0.5, 0.6) is 0 Å². The number of carbonyl (C=O) groups is 2. The molecule has 1 atom stereocenters. The largest absolute Gasteiger partial charge is 0.466 e. The van der Waals surface area contributed by atoms with Crippen molar-refractivity contribution >= 4 is 50.9 Å². The first-order valence-corrected chi connectivity index (χ1v) is 13.4. The van der Waals surface area contributed by atoms with Crippen LogP contribution in [0.3, 0.4) is 0 Å². The maximum Gasteiger partial charge on any atom is 0.355 e. The van der Waals surface area contributed by atoms with Crippen LogP contribution in [0.25, 0.3) is 10.2 Å². The van der Waals surface area contributed by atoms with Crippen molar-refractivity contribution < 1.29 is 19.1 Å². The minimum atomic E-state index is -0.932. The first kappa shape index (κ1) is 26.0.